The number of aromatic carboxylic acids is 1. The van der Waals surface area contributed by atoms with Gasteiger partial charge in [-0.05, 0) is 55.8 Å². The van der Waals surface area contributed by atoms with Crippen molar-refractivity contribution >= 4 is 39.0 Å². The van der Waals surface area contributed by atoms with Crippen molar-refractivity contribution < 1.29 is 19.8 Å². The lowest BCUT2D eigenvalue weighted by Gasteiger charge is -2.21. The molecule has 3 aromatic carbocycles. The van der Waals surface area contributed by atoms with E-state index in [9.17, 15) is 25.1 Å². The fourth-order valence-electron chi connectivity index (χ4n) is 4.04. The zero-order valence-electron chi connectivity index (χ0n) is 19.2. The third-order valence-electron chi connectivity index (χ3n) is 5.89. The first-order chi connectivity index (χ1) is 16.9. The number of phenolic OH excluding ortho intramolecular Hbond substituents is 1. The van der Waals surface area contributed by atoms with Crippen LogP contribution in [0.1, 0.15) is 56.6 Å². The third kappa shape index (κ3) is 4.59. The van der Waals surface area contributed by atoms with Gasteiger partial charge in [-0.3, -0.25) is 4.79 Å². The molecule has 0 spiro atoms. The molecule has 1 aromatic heterocycles. The number of fused-ring (bicyclic) bond motifs is 1. The number of thiazole rings is 1. The monoisotopic (exact) mass is 485 g/mol. The van der Waals surface area contributed by atoms with E-state index in [0.717, 1.165) is 29.0 Å². The number of anilines is 1. The van der Waals surface area contributed by atoms with Gasteiger partial charge in [0.2, 0.25) is 0 Å². The maximum absolute atomic E-state index is 13.2. The van der Waals surface area contributed by atoms with E-state index in [2.05, 4.69) is 11.1 Å². The molecule has 1 atom stereocenters. The van der Waals surface area contributed by atoms with Crippen molar-refractivity contribution in [2.24, 2.45) is 0 Å². The maximum Gasteiger partial charge on any atom is 0.336 e. The molecule has 0 aliphatic heterocycles. The van der Waals surface area contributed by atoms with Crippen molar-refractivity contribution in [3.8, 4) is 11.8 Å². The molecular formula is C27H23N3O4S. The van der Waals surface area contributed by atoms with Gasteiger partial charge in [-0.1, -0.05) is 18.2 Å². The van der Waals surface area contributed by atoms with Crippen LogP contribution >= 0.6 is 11.3 Å². The summed E-state index contributed by atoms with van der Waals surface area (Å²) >= 11 is 1.37. The zero-order chi connectivity index (χ0) is 25.1. The van der Waals surface area contributed by atoms with Crippen LogP contribution in [-0.4, -0.2) is 40.0 Å². The molecule has 7 nitrogen and oxygen atoms in total. The van der Waals surface area contributed by atoms with Crippen LogP contribution in [0.15, 0.2) is 60.7 Å². The molecular weight excluding hydrogens is 462 g/mol. The fraction of sp³-hybridized carbons (Fsp3) is 0.185. The number of carbonyl (C=O) groups excluding carboxylic acids is 1. The summed E-state index contributed by atoms with van der Waals surface area (Å²) in [5.41, 5.74) is 1.68. The van der Waals surface area contributed by atoms with Crippen molar-refractivity contribution in [1.29, 1.82) is 5.26 Å². The number of hydrogen-bond donors (Lipinski definition) is 2. The summed E-state index contributed by atoms with van der Waals surface area (Å²) in [6.07, 6.45) is 0. The number of benzene rings is 3. The van der Waals surface area contributed by atoms with Crippen molar-refractivity contribution in [3.05, 3.63) is 87.9 Å². The number of rotatable bonds is 8. The minimum atomic E-state index is -1.30. The van der Waals surface area contributed by atoms with E-state index in [1.54, 1.807) is 12.1 Å². The SMILES string of the molecule is CCN(CC)c1ccc(C(=O)c2ccc(C(C#N)c3nc4ccccc4s3)cc2C(=O)O)c(O)c1. The Balaban J connectivity index is 1.72. The number of carboxylic acid groups (broad SMARTS) is 1. The largest absolute Gasteiger partial charge is 0.507 e. The Morgan fingerprint density at radius 2 is 1.74 bits per heavy atom. The highest BCUT2D eigenvalue weighted by atomic mass is 32.1. The van der Waals surface area contributed by atoms with Crippen LogP contribution in [0.3, 0.4) is 0 Å². The highest BCUT2D eigenvalue weighted by molar-refractivity contribution is 7.18. The van der Waals surface area contributed by atoms with Crippen LogP contribution in [0.4, 0.5) is 5.69 Å². The first kappa shape index (κ1) is 23.9. The number of hydrogen-bond acceptors (Lipinski definition) is 7. The van der Waals surface area contributed by atoms with Crippen LogP contribution in [0, 0.1) is 11.3 Å². The first-order valence-electron chi connectivity index (χ1n) is 11.1. The lowest BCUT2D eigenvalue weighted by Crippen LogP contribution is -2.21. The lowest BCUT2D eigenvalue weighted by atomic mass is 9.92. The molecule has 4 rings (SSSR count). The fourth-order valence-corrected chi connectivity index (χ4v) is 5.09. The Morgan fingerprint density at radius 1 is 1.03 bits per heavy atom. The summed E-state index contributed by atoms with van der Waals surface area (Å²) in [4.78, 5) is 31.9. The summed E-state index contributed by atoms with van der Waals surface area (Å²) in [5, 5.41) is 30.8. The molecule has 0 aliphatic rings. The van der Waals surface area contributed by atoms with Gasteiger partial charge in [0.15, 0.2) is 5.78 Å². The number of aromatic hydroxyl groups is 1. The van der Waals surface area contributed by atoms with Gasteiger partial charge in [0.25, 0.3) is 0 Å². The minimum absolute atomic E-state index is 0.0131. The summed E-state index contributed by atoms with van der Waals surface area (Å²) < 4.78 is 0.927. The molecule has 8 heteroatoms. The molecule has 176 valence electrons. The molecule has 35 heavy (non-hydrogen) atoms. The third-order valence-corrected chi connectivity index (χ3v) is 6.99. The predicted octanol–water partition coefficient (Wildman–Crippen LogP) is 5.43. The Kier molecular flexibility index (Phi) is 6.80. The van der Waals surface area contributed by atoms with Gasteiger partial charge in [-0.2, -0.15) is 5.26 Å². The second kappa shape index (κ2) is 9.95. The molecule has 0 saturated carbocycles. The number of carbonyl (C=O) groups is 2. The number of phenols is 1. The van der Waals surface area contributed by atoms with Crippen molar-refractivity contribution in [3.63, 3.8) is 0 Å². The number of aromatic nitrogens is 1. The van der Waals surface area contributed by atoms with Gasteiger partial charge < -0.3 is 15.1 Å². The second-order valence-corrected chi connectivity index (χ2v) is 8.96. The normalized spacial score (nSPS) is 11.7. The number of nitriles is 1. The molecule has 0 aliphatic carbocycles. The van der Waals surface area contributed by atoms with Gasteiger partial charge in [0.05, 0.1) is 27.4 Å². The second-order valence-electron chi connectivity index (χ2n) is 7.89. The molecule has 0 fully saturated rings. The quantitative estimate of drug-likeness (QED) is 0.320. The molecule has 4 aromatic rings. The van der Waals surface area contributed by atoms with Crippen molar-refractivity contribution in [2.75, 3.05) is 18.0 Å². The predicted molar refractivity (Wildman–Crippen MR) is 136 cm³/mol. The first-order valence-corrected chi connectivity index (χ1v) is 11.9. The van der Waals surface area contributed by atoms with E-state index in [-0.39, 0.29) is 22.4 Å². The molecule has 0 bridgehead atoms. The summed E-state index contributed by atoms with van der Waals surface area (Å²) in [7, 11) is 0. The Hall–Kier alpha value is -4.22. The van der Waals surface area contributed by atoms with E-state index in [0.29, 0.717) is 10.6 Å². The highest BCUT2D eigenvalue weighted by Crippen LogP contribution is 2.33. The van der Waals surface area contributed by atoms with Crippen LogP contribution in [0.5, 0.6) is 5.75 Å². The van der Waals surface area contributed by atoms with Crippen LogP contribution in [-0.2, 0) is 0 Å². The Morgan fingerprint density at radius 3 is 2.37 bits per heavy atom. The number of ketones is 1. The van der Waals surface area contributed by atoms with E-state index in [1.165, 1.54) is 35.6 Å². The standard InChI is InChI=1S/C27H23N3O4S/c1-3-30(4-2)17-10-12-19(23(31)14-17)25(32)18-11-9-16(13-20(18)27(33)34)21(15-28)26-29-22-7-5-6-8-24(22)35-26/h5-14,21,31H,3-4H2,1-2H3,(H,33,34). The van der Waals surface area contributed by atoms with E-state index in [1.807, 2.05) is 43.0 Å². The van der Waals surface area contributed by atoms with E-state index < -0.39 is 17.7 Å². The van der Waals surface area contributed by atoms with E-state index >= 15 is 0 Å². The van der Waals surface area contributed by atoms with Crippen LogP contribution in [0.25, 0.3) is 10.2 Å². The molecule has 2 N–H and O–H groups in total. The molecule has 0 saturated heterocycles. The van der Waals surface area contributed by atoms with Gasteiger partial charge in [-0.15, -0.1) is 11.3 Å². The van der Waals surface area contributed by atoms with Crippen LogP contribution in [0.2, 0.25) is 0 Å². The van der Waals surface area contributed by atoms with Crippen molar-refractivity contribution in [2.45, 2.75) is 19.8 Å². The van der Waals surface area contributed by atoms with Crippen molar-refractivity contribution in [1.82, 2.24) is 4.98 Å². The maximum atomic E-state index is 13.2. The average molecular weight is 486 g/mol. The number of para-hydroxylation sites is 1. The van der Waals surface area contributed by atoms with E-state index in [4.69, 9.17) is 0 Å². The Bertz CT molecular complexity index is 1430. The highest BCUT2D eigenvalue weighted by Gasteiger charge is 2.25. The summed E-state index contributed by atoms with van der Waals surface area (Å²) in [6, 6.07) is 18.8. The van der Waals surface area contributed by atoms with Gasteiger partial charge in [0.1, 0.15) is 16.7 Å². The smallest absolute Gasteiger partial charge is 0.336 e. The lowest BCUT2D eigenvalue weighted by molar-refractivity contribution is 0.0692. The zero-order valence-corrected chi connectivity index (χ0v) is 20.0. The molecule has 0 amide bonds. The summed E-state index contributed by atoms with van der Waals surface area (Å²) in [6.45, 7) is 5.46. The minimum Gasteiger partial charge on any atom is -0.507 e. The molecule has 1 unspecified atom stereocenters. The molecule has 0 radical (unpaired) electrons. The molecule has 1 heterocycles. The van der Waals surface area contributed by atoms with Gasteiger partial charge in [0, 0.05) is 30.4 Å². The average Bonchev–Trinajstić information content (AvgIpc) is 3.28. The van der Waals surface area contributed by atoms with Crippen LogP contribution < -0.4 is 4.90 Å². The number of nitrogens with zero attached hydrogens (tertiary/aromatic N) is 3. The summed E-state index contributed by atoms with van der Waals surface area (Å²) in [5.74, 6) is -2.90. The topological polar surface area (TPSA) is 115 Å². The van der Waals surface area contributed by atoms with Gasteiger partial charge in [-0.25, -0.2) is 9.78 Å². The Labute approximate surface area is 206 Å². The number of carboxylic acids is 1. The van der Waals surface area contributed by atoms with Gasteiger partial charge >= 0.3 is 5.97 Å².